The number of nitrogens with zero attached hydrogens (tertiary/aromatic N) is 1. The second-order valence-electron chi connectivity index (χ2n) is 4.20. The molecule has 0 heterocycles. The molecule has 2 N–H and O–H groups in total. The normalized spacial score (nSPS) is 12.6. The Labute approximate surface area is 87.0 Å². The van der Waals surface area contributed by atoms with Gasteiger partial charge in [-0.1, -0.05) is 19.9 Å². The van der Waals surface area contributed by atoms with E-state index in [1.165, 1.54) is 6.42 Å². The van der Waals surface area contributed by atoms with Crippen molar-refractivity contribution < 1.29 is 4.79 Å². The molecular weight excluding hydrogens is 176 g/mol. The van der Waals surface area contributed by atoms with Crippen molar-refractivity contribution in [1.29, 1.82) is 0 Å². The quantitative estimate of drug-likeness (QED) is 0.656. The van der Waals surface area contributed by atoms with Crippen molar-refractivity contribution in [3.63, 3.8) is 0 Å². The SMILES string of the molecule is C/C(=C\CN(C)CCC(C)C)C(N)=O. The summed E-state index contributed by atoms with van der Waals surface area (Å²) in [4.78, 5) is 12.9. The molecule has 0 saturated heterocycles. The third-order valence-corrected chi connectivity index (χ3v) is 2.19. The molecule has 0 aromatic heterocycles. The standard InChI is InChI=1S/C11H22N2O/c1-9(2)5-7-13(4)8-6-10(3)11(12)14/h6,9H,5,7-8H2,1-4H3,(H2,12,14)/b10-6+. The fraction of sp³-hybridized carbons (Fsp3) is 0.727. The average molecular weight is 198 g/mol. The Morgan fingerprint density at radius 1 is 1.50 bits per heavy atom. The van der Waals surface area contributed by atoms with Crippen molar-refractivity contribution in [2.45, 2.75) is 27.2 Å². The summed E-state index contributed by atoms with van der Waals surface area (Å²) >= 11 is 0. The highest BCUT2D eigenvalue weighted by Crippen LogP contribution is 2.01. The van der Waals surface area contributed by atoms with Crippen LogP contribution in [0.4, 0.5) is 0 Å². The van der Waals surface area contributed by atoms with Gasteiger partial charge in [-0.2, -0.15) is 0 Å². The molecule has 0 bridgehead atoms. The first-order valence-corrected chi connectivity index (χ1v) is 5.08. The minimum Gasteiger partial charge on any atom is -0.366 e. The lowest BCUT2D eigenvalue weighted by atomic mass is 10.1. The van der Waals surface area contributed by atoms with Crippen molar-refractivity contribution in [1.82, 2.24) is 4.90 Å². The molecule has 0 rings (SSSR count). The summed E-state index contributed by atoms with van der Waals surface area (Å²) in [6, 6.07) is 0. The zero-order valence-electron chi connectivity index (χ0n) is 9.71. The third kappa shape index (κ3) is 6.66. The average Bonchev–Trinajstić information content (AvgIpc) is 2.10. The first-order chi connectivity index (χ1) is 6.43. The van der Waals surface area contributed by atoms with E-state index in [1.807, 2.05) is 13.1 Å². The Morgan fingerprint density at radius 2 is 2.07 bits per heavy atom. The number of rotatable bonds is 6. The summed E-state index contributed by atoms with van der Waals surface area (Å²) in [5.41, 5.74) is 5.76. The van der Waals surface area contributed by atoms with E-state index in [-0.39, 0.29) is 5.91 Å². The highest BCUT2D eigenvalue weighted by molar-refractivity contribution is 5.91. The van der Waals surface area contributed by atoms with E-state index in [1.54, 1.807) is 6.92 Å². The van der Waals surface area contributed by atoms with Crippen LogP contribution in [0, 0.1) is 5.92 Å². The van der Waals surface area contributed by atoms with Gasteiger partial charge in [0.2, 0.25) is 5.91 Å². The molecule has 3 nitrogen and oxygen atoms in total. The van der Waals surface area contributed by atoms with Crippen LogP contribution in [-0.4, -0.2) is 30.9 Å². The number of hydrogen-bond donors (Lipinski definition) is 1. The summed E-state index contributed by atoms with van der Waals surface area (Å²) in [6.45, 7) is 8.01. The Kier molecular flexibility index (Phi) is 6.21. The summed E-state index contributed by atoms with van der Waals surface area (Å²) in [5.74, 6) is 0.390. The van der Waals surface area contributed by atoms with Crippen LogP contribution in [0.5, 0.6) is 0 Å². The molecular formula is C11H22N2O. The van der Waals surface area contributed by atoms with Crippen molar-refractivity contribution in [2.75, 3.05) is 20.1 Å². The number of carbonyl (C=O) groups is 1. The first-order valence-electron chi connectivity index (χ1n) is 5.08. The number of likely N-dealkylation sites (N-methyl/N-ethyl adjacent to an activating group) is 1. The third-order valence-electron chi connectivity index (χ3n) is 2.19. The van der Waals surface area contributed by atoms with Gasteiger partial charge >= 0.3 is 0 Å². The highest BCUT2D eigenvalue weighted by atomic mass is 16.1. The van der Waals surface area contributed by atoms with Crippen LogP contribution < -0.4 is 5.73 Å². The van der Waals surface area contributed by atoms with Crippen LogP contribution in [0.2, 0.25) is 0 Å². The van der Waals surface area contributed by atoms with Crippen molar-refractivity contribution >= 4 is 5.91 Å². The molecule has 0 radical (unpaired) electrons. The summed E-state index contributed by atoms with van der Waals surface area (Å²) in [6.07, 6.45) is 3.06. The van der Waals surface area contributed by atoms with Crippen LogP contribution in [0.15, 0.2) is 11.6 Å². The van der Waals surface area contributed by atoms with Gasteiger partial charge in [-0.25, -0.2) is 0 Å². The molecule has 0 unspecified atom stereocenters. The fourth-order valence-corrected chi connectivity index (χ4v) is 0.963. The Morgan fingerprint density at radius 3 is 2.50 bits per heavy atom. The minimum atomic E-state index is -0.331. The van der Waals surface area contributed by atoms with Crippen LogP contribution >= 0.6 is 0 Å². The van der Waals surface area contributed by atoms with Gasteiger partial charge in [-0.3, -0.25) is 4.79 Å². The van der Waals surface area contributed by atoms with Gasteiger partial charge in [0.05, 0.1) is 0 Å². The topological polar surface area (TPSA) is 46.3 Å². The van der Waals surface area contributed by atoms with Crippen molar-refractivity contribution in [3.05, 3.63) is 11.6 Å². The zero-order valence-corrected chi connectivity index (χ0v) is 9.71. The first kappa shape index (κ1) is 13.2. The molecule has 0 aliphatic carbocycles. The molecule has 0 aliphatic heterocycles. The predicted molar refractivity (Wildman–Crippen MR) is 59.9 cm³/mol. The Bertz CT molecular complexity index is 209. The maximum absolute atomic E-state index is 10.7. The minimum absolute atomic E-state index is 0.331. The molecule has 0 spiro atoms. The predicted octanol–water partition coefficient (Wildman–Crippen LogP) is 1.40. The van der Waals surface area contributed by atoms with Crippen molar-refractivity contribution in [3.8, 4) is 0 Å². The van der Waals surface area contributed by atoms with E-state index in [0.717, 1.165) is 19.0 Å². The van der Waals surface area contributed by atoms with Gasteiger partial charge < -0.3 is 10.6 Å². The Hall–Kier alpha value is -0.830. The van der Waals surface area contributed by atoms with Crippen LogP contribution in [-0.2, 0) is 4.79 Å². The molecule has 0 aromatic rings. The van der Waals surface area contributed by atoms with E-state index >= 15 is 0 Å². The van der Waals surface area contributed by atoms with Gasteiger partial charge in [-0.15, -0.1) is 0 Å². The largest absolute Gasteiger partial charge is 0.366 e. The van der Waals surface area contributed by atoms with Crippen LogP contribution in [0.25, 0.3) is 0 Å². The van der Waals surface area contributed by atoms with E-state index in [4.69, 9.17) is 5.73 Å². The summed E-state index contributed by atoms with van der Waals surface area (Å²) < 4.78 is 0. The van der Waals surface area contributed by atoms with Gasteiger partial charge in [0.25, 0.3) is 0 Å². The van der Waals surface area contributed by atoms with Gasteiger partial charge in [0.15, 0.2) is 0 Å². The molecule has 82 valence electrons. The van der Waals surface area contributed by atoms with Gasteiger partial charge in [-0.05, 0) is 32.9 Å². The van der Waals surface area contributed by atoms with Gasteiger partial charge in [0, 0.05) is 12.1 Å². The number of carbonyl (C=O) groups excluding carboxylic acids is 1. The van der Waals surface area contributed by atoms with Crippen LogP contribution in [0.3, 0.4) is 0 Å². The summed E-state index contributed by atoms with van der Waals surface area (Å²) in [7, 11) is 2.05. The molecule has 1 amide bonds. The Balaban J connectivity index is 3.78. The molecule has 3 heteroatoms. The maximum Gasteiger partial charge on any atom is 0.244 e. The zero-order chi connectivity index (χ0) is 11.1. The van der Waals surface area contributed by atoms with E-state index in [0.29, 0.717) is 5.57 Å². The molecule has 14 heavy (non-hydrogen) atoms. The number of amides is 1. The number of primary amides is 1. The van der Waals surface area contributed by atoms with Gasteiger partial charge in [0.1, 0.15) is 0 Å². The number of hydrogen-bond acceptors (Lipinski definition) is 2. The monoisotopic (exact) mass is 198 g/mol. The van der Waals surface area contributed by atoms with Crippen molar-refractivity contribution in [2.24, 2.45) is 11.7 Å². The maximum atomic E-state index is 10.7. The van der Waals surface area contributed by atoms with E-state index in [9.17, 15) is 4.79 Å². The van der Waals surface area contributed by atoms with E-state index in [2.05, 4.69) is 18.7 Å². The molecule has 0 fully saturated rings. The van der Waals surface area contributed by atoms with Crippen LogP contribution in [0.1, 0.15) is 27.2 Å². The number of nitrogens with two attached hydrogens (primary N) is 1. The molecule has 0 aromatic carbocycles. The lowest BCUT2D eigenvalue weighted by molar-refractivity contribution is -0.114. The fourth-order valence-electron chi connectivity index (χ4n) is 0.963. The second-order valence-corrected chi connectivity index (χ2v) is 4.20. The second kappa shape index (κ2) is 6.60. The molecule has 0 aliphatic rings. The molecule has 0 saturated carbocycles. The summed E-state index contributed by atoms with van der Waals surface area (Å²) in [5, 5.41) is 0. The lowest BCUT2D eigenvalue weighted by Crippen LogP contribution is -2.22. The molecule has 0 atom stereocenters. The lowest BCUT2D eigenvalue weighted by Gasteiger charge is -2.15. The highest BCUT2D eigenvalue weighted by Gasteiger charge is 2.00. The van der Waals surface area contributed by atoms with E-state index < -0.39 is 0 Å². The smallest absolute Gasteiger partial charge is 0.244 e.